The highest BCUT2D eigenvalue weighted by Crippen LogP contribution is 2.33. The molecule has 104 valence electrons. The van der Waals surface area contributed by atoms with Gasteiger partial charge in [0.15, 0.2) is 11.5 Å². The van der Waals surface area contributed by atoms with E-state index in [1.54, 1.807) is 14.2 Å². The zero-order valence-corrected chi connectivity index (χ0v) is 11.9. The molecule has 1 aliphatic rings. The normalized spacial score (nSPS) is 13.8. The summed E-state index contributed by atoms with van der Waals surface area (Å²) in [6.07, 6.45) is 1.09. The minimum atomic E-state index is 0.772. The van der Waals surface area contributed by atoms with Crippen LogP contribution >= 0.6 is 0 Å². The molecule has 0 N–H and O–H groups in total. The van der Waals surface area contributed by atoms with Gasteiger partial charge in [-0.2, -0.15) is 0 Å². The van der Waals surface area contributed by atoms with E-state index in [4.69, 9.17) is 9.47 Å². The van der Waals surface area contributed by atoms with Crippen LogP contribution in [0.5, 0.6) is 11.5 Å². The third-order valence-electron chi connectivity index (χ3n) is 3.86. The summed E-state index contributed by atoms with van der Waals surface area (Å²) in [5, 5.41) is 0. The van der Waals surface area contributed by atoms with Gasteiger partial charge in [0.25, 0.3) is 0 Å². The third-order valence-corrected chi connectivity index (χ3v) is 3.86. The van der Waals surface area contributed by atoms with E-state index in [1.807, 2.05) is 12.1 Å². The van der Waals surface area contributed by atoms with Crippen LogP contribution in [-0.2, 0) is 13.0 Å². The maximum Gasteiger partial charge on any atom is 0.162 e. The topological polar surface area (TPSA) is 21.7 Å². The fourth-order valence-electron chi connectivity index (χ4n) is 2.74. The van der Waals surface area contributed by atoms with E-state index in [2.05, 4.69) is 35.2 Å². The summed E-state index contributed by atoms with van der Waals surface area (Å²) in [7, 11) is 3.34. The highest BCUT2D eigenvalue weighted by atomic mass is 16.5. The number of fused-ring (bicyclic) bond motifs is 1. The quantitative estimate of drug-likeness (QED) is 0.853. The van der Waals surface area contributed by atoms with Crippen LogP contribution in [0.3, 0.4) is 0 Å². The molecular formula is C17H19NO2. The SMILES string of the molecule is COc1ccc(N2CCc3ccccc3C2)cc1OC. The van der Waals surface area contributed by atoms with Gasteiger partial charge in [0.2, 0.25) is 0 Å². The summed E-state index contributed by atoms with van der Waals surface area (Å²) < 4.78 is 10.7. The molecule has 0 saturated carbocycles. The van der Waals surface area contributed by atoms with Gasteiger partial charge >= 0.3 is 0 Å². The average Bonchev–Trinajstić information content (AvgIpc) is 2.53. The van der Waals surface area contributed by atoms with Crippen molar-refractivity contribution >= 4 is 5.69 Å². The van der Waals surface area contributed by atoms with E-state index in [9.17, 15) is 0 Å². The van der Waals surface area contributed by atoms with E-state index >= 15 is 0 Å². The van der Waals surface area contributed by atoms with E-state index in [0.717, 1.165) is 31.0 Å². The molecule has 0 fully saturated rings. The minimum Gasteiger partial charge on any atom is -0.493 e. The molecule has 1 aliphatic heterocycles. The second kappa shape index (κ2) is 5.45. The van der Waals surface area contributed by atoms with Crippen molar-refractivity contribution in [2.45, 2.75) is 13.0 Å². The first-order valence-electron chi connectivity index (χ1n) is 6.85. The first-order valence-corrected chi connectivity index (χ1v) is 6.85. The smallest absolute Gasteiger partial charge is 0.162 e. The van der Waals surface area contributed by atoms with Crippen LogP contribution in [0.2, 0.25) is 0 Å². The molecule has 0 aliphatic carbocycles. The molecule has 0 atom stereocenters. The Balaban J connectivity index is 1.88. The average molecular weight is 269 g/mol. The molecule has 0 radical (unpaired) electrons. The molecule has 1 heterocycles. The third kappa shape index (κ3) is 2.31. The maximum absolute atomic E-state index is 5.39. The molecular weight excluding hydrogens is 250 g/mol. The Morgan fingerprint density at radius 3 is 2.40 bits per heavy atom. The first-order chi connectivity index (χ1) is 9.81. The molecule has 2 aromatic carbocycles. The number of hydrogen-bond acceptors (Lipinski definition) is 3. The van der Waals surface area contributed by atoms with Crippen molar-refractivity contribution in [3.63, 3.8) is 0 Å². The van der Waals surface area contributed by atoms with Gasteiger partial charge in [0.05, 0.1) is 14.2 Å². The van der Waals surface area contributed by atoms with Crippen molar-refractivity contribution in [3.05, 3.63) is 53.6 Å². The van der Waals surface area contributed by atoms with Crippen LogP contribution in [-0.4, -0.2) is 20.8 Å². The predicted octanol–water partition coefficient (Wildman–Crippen LogP) is 3.27. The van der Waals surface area contributed by atoms with E-state index in [1.165, 1.54) is 16.8 Å². The predicted molar refractivity (Wildman–Crippen MR) is 80.7 cm³/mol. The summed E-state index contributed by atoms with van der Waals surface area (Å²) in [6.45, 7) is 1.98. The molecule has 0 bridgehead atoms. The first kappa shape index (κ1) is 12.9. The minimum absolute atomic E-state index is 0.772. The molecule has 3 nitrogen and oxygen atoms in total. The highest BCUT2D eigenvalue weighted by Gasteiger charge is 2.17. The Morgan fingerprint density at radius 1 is 0.900 bits per heavy atom. The van der Waals surface area contributed by atoms with Gasteiger partial charge < -0.3 is 14.4 Å². The summed E-state index contributed by atoms with van der Waals surface area (Å²) >= 11 is 0. The highest BCUT2D eigenvalue weighted by molar-refractivity contribution is 5.57. The number of nitrogens with zero attached hydrogens (tertiary/aromatic N) is 1. The van der Waals surface area contributed by atoms with Crippen LogP contribution in [0.15, 0.2) is 42.5 Å². The zero-order valence-electron chi connectivity index (χ0n) is 11.9. The lowest BCUT2D eigenvalue weighted by atomic mass is 9.99. The van der Waals surface area contributed by atoms with Crippen molar-refractivity contribution in [1.29, 1.82) is 0 Å². The van der Waals surface area contributed by atoms with Gasteiger partial charge in [0.1, 0.15) is 0 Å². The molecule has 0 saturated heterocycles. The lowest BCUT2D eigenvalue weighted by Gasteiger charge is -2.31. The zero-order chi connectivity index (χ0) is 13.9. The Hall–Kier alpha value is -2.16. The molecule has 20 heavy (non-hydrogen) atoms. The monoisotopic (exact) mass is 269 g/mol. The molecule has 3 rings (SSSR count). The second-order valence-electron chi connectivity index (χ2n) is 4.98. The Labute approximate surface area is 119 Å². The molecule has 0 unspecified atom stereocenters. The van der Waals surface area contributed by atoms with E-state index in [-0.39, 0.29) is 0 Å². The van der Waals surface area contributed by atoms with E-state index in [0.29, 0.717) is 0 Å². The van der Waals surface area contributed by atoms with Gasteiger partial charge in [-0.05, 0) is 29.7 Å². The summed E-state index contributed by atoms with van der Waals surface area (Å²) in [6, 6.07) is 14.8. The lowest BCUT2D eigenvalue weighted by Crippen LogP contribution is -2.30. The summed E-state index contributed by atoms with van der Waals surface area (Å²) in [5.74, 6) is 1.55. The van der Waals surface area contributed by atoms with Gasteiger partial charge in [0, 0.05) is 24.8 Å². The molecule has 3 heteroatoms. The lowest BCUT2D eigenvalue weighted by molar-refractivity contribution is 0.355. The Bertz CT molecular complexity index is 610. The Morgan fingerprint density at radius 2 is 1.65 bits per heavy atom. The van der Waals surface area contributed by atoms with Crippen LogP contribution in [0.1, 0.15) is 11.1 Å². The van der Waals surface area contributed by atoms with Crippen LogP contribution < -0.4 is 14.4 Å². The fourth-order valence-corrected chi connectivity index (χ4v) is 2.74. The van der Waals surface area contributed by atoms with Crippen molar-refractivity contribution in [1.82, 2.24) is 0 Å². The van der Waals surface area contributed by atoms with Crippen molar-refractivity contribution in [2.24, 2.45) is 0 Å². The van der Waals surface area contributed by atoms with Gasteiger partial charge in [-0.3, -0.25) is 0 Å². The number of rotatable bonds is 3. The second-order valence-corrected chi connectivity index (χ2v) is 4.98. The largest absolute Gasteiger partial charge is 0.493 e. The van der Waals surface area contributed by atoms with Gasteiger partial charge in [-0.1, -0.05) is 24.3 Å². The molecule has 2 aromatic rings. The number of hydrogen-bond donors (Lipinski definition) is 0. The standard InChI is InChI=1S/C17H19NO2/c1-19-16-8-7-15(11-17(16)20-2)18-10-9-13-5-3-4-6-14(13)12-18/h3-8,11H,9-10,12H2,1-2H3. The molecule has 0 amide bonds. The van der Waals surface area contributed by atoms with Crippen molar-refractivity contribution < 1.29 is 9.47 Å². The van der Waals surface area contributed by atoms with Crippen LogP contribution in [0, 0.1) is 0 Å². The fraction of sp³-hybridized carbons (Fsp3) is 0.294. The number of ether oxygens (including phenoxy) is 2. The van der Waals surface area contributed by atoms with Crippen molar-refractivity contribution in [3.8, 4) is 11.5 Å². The molecule has 0 spiro atoms. The van der Waals surface area contributed by atoms with E-state index < -0.39 is 0 Å². The van der Waals surface area contributed by atoms with Gasteiger partial charge in [-0.15, -0.1) is 0 Å². The summed E-state index contributed by atoms with van der Waals surface area (Å²) in [4.78, 5) is 2.38. The number of anilines is 1. The van der Waals surface area contributed by atoms with Gasteiger partial charge in [-0.25, -0.2) is 0 Å². The van der Waals surface area contributed by atoms with Crippen LogP contribution in [0.25, 0.3) is 0 Å². The maximum atomic E-state index is 5.39. The summed E-state index contributed by atoms with van der Waals surface area (Å²) in [5.41, 5.74) is 4.05. The van der Waals surface area contributed by atoms with Crippen molar-refractivity contribution in [2.75, 3.05) is 25.7 Å². The number of benzene rings is 2. The van der Waals surface area contributed by atoms with Crippen LogP contribution in [0.4, 0.5) is 5.69 Å². The number of methoxy groups -OCH3 is 2. The molecule has 0 aromatic heterocycles. The Kier molecular flexibility index (Phi) is 3.50.